The van der Waals surface area contributed by atoms with E-state index in [-0.39, 0.29) is 29.0 Å². The van der Waals surface area contributed by atoms with Crippen LogP contribution in [0.3, 0.4) is 0 Å². The number of fused-ring (bicyclic) bond motifs is 2. The van der Waals surface area contributed by atoms with Gasteiger partial charge in [-0.05, 0) is 44.2 Å². The number of ketones is 2. The van der Waals surface area contributed by atoms with E-state index in [1.165, 1.54) is 17.3 Å². The summed E-state index contributed by atoms with van der Waals surface area (Å²) >= 11 is 6.38. The molecule has 122 valence electrons. The third kappa shape index (κ3) is 2.29. The Kier molecular flexibility index (Phi) is 3.57. The molecule has 2 aromatic heterocycles. The van der Waals surface area contributed by atoms with E-state index in [0.29, 0.717) is 22.1 Å². The molecule has 2 aliphatic carbocycles. The molecule has 2 unspecified atom stereocenters. The molecule has 2 bridgehead atoms. The number of allylic oxidation sites excluding steroid dienone is 2. The Hall–Kier alpha value is -2.34. The van der Waals surface area contributed by atoms with E-state index in [1.807, 2.05) is 0 Å². The number of carbonyl (C=O) groups excluding carboxylic acids is 2. The first kappa shape index (κ1) is 15.2. The maximum absolute atomic E-state index is 12.9. The van der Waals surface area contributed by atoms with Gasteiger partial charge in [-0.2, -0.15) is 5.10 Å². The molecular formula is C17H15ClN4O2. The van der Waals surface area contributed by atoms with Gasteiger partial charge in [-0.3, -0.25) is 9.59 Å². The lowest BCUT2D eigenvalue weighted by atomic mass is 9.84. The second-order valence-electron chi connectivity index (χ2n) is 6.27. The molecule has 2 atom stereocenters. The van der Waals surface area contributed by atoms with Gasteiger partial charge in [0.1, 0.15) is 12.7 Å². The molecule has 1 saturated carbocycles. The van der Waals surface area contributed by atoms with E-state index < -0.39 is 0 Å². The summed E-state index contributed by atoms with van der Waals surface area (Å²) in [6.07, 6.45) is 5.42. The third-order valence-electron chi connectivity index (χ3n) is 4.84. The molecule has 0 aliphatic heterocycles. The zero-order valence-electron chi connectivity index (χ0n) is 13.1. The Balaban J connectivity index is 1.73. The zero-order chi connectivity index (χ0) is 16.8. The summed E-state index contributed by atoms with van der Waals surface area (Å²) < 4.78 is 1.51. The van der Waals surface area contributed by atoms with Gasteiger partial charge in [0, 0.05) is 16.5 Å². The lowest BCUT2D eigenvalue weighted by Gasteiger charge is -2.21. The number of Topliss-reactive ketones (excluding diaryl/α,β-unsaturated/α-hetero) is 2. The smallest absolute Gasteiger partial charge is 0.199 e. The van der Waals surface area contributed by atoms with Crippen LogP contribution in [-0.2, 0) is 4.79 Å². The summed E-state index contributed by atoms with van der Waals surface area (Å²) in [4.78, 5) is 33.8. The van der Waals surface area contributed by atoms with Crippen molar-refractivity contribution < 1.29 is 9.59 Å². The highest BCUT2D eigenvalue weighted by Gasteiger charge is 2.42. The predicted molar refractivity (Wildman–Crippen MR) is 86.9 cm³/mol. The average molecular weight is 343 g/mol. The van der Waals surface area contributed by atoms with Crippen LogP contribution in [0.2, 0.25) is 0 Å². The third-order valence-corrected chi connectivity index (χ3v) is 5.34. The zero-order valence-corrected chi connectivity index (χ0v) is 13.8. The van der Waals surface area contributed by atoms with Crippen molar-refractivity contribution in [2.75, 3.05) is 0 Å². The van der Waals surface area contributed by atoms with Crippen LogP contribution < -0.4 is 0 Å². The Morgan fingerprint density at radius 3 is 2.79 bits per heavy atom. The number of aryl methyl sites for hydroxylation is 1. The van der Waals surface area contributed by atoms with Gasteiger partial charge in [0.2, 0.25) is 0 Å². The quantitative estimate of drug-likeness (QED) is 0.633. The van der Waals surface area contributed by atoms with Crippen molar-refractivity contribution in [3.63, 3.8) is 0 Å². The molecule has 2 aromatic rings. The largest absolute Gasteiger partial charge is 0.294 e. The van der Waals surface area contributed by atoms with Crippen LogP contribution in [0.25, 0.3) is 5.82 Å². The highest BCUT2D eigenvalue weighted by molar-refractivity contribution is 6.40. The van der Waals surface area contributed by atoms with E-state index in [4.69, 9.17) is 11.6 Å². The fourth-order valence-electron chi connectivity index (χ4n) is 3.57. The van der Waals surface area contributed by atoms with Crippen LogP contribution in [0.15, 0.2) is 35.4 Å². The van der Waals surface area contributed by atoms with Crippen LogP contribution in [0.1, 0.15) is 35.3 Å². The molecule has 2 aliphatic rings. The second-order valence-corrected chi connectivity index (χ2v) is 6.67. The van der Waals surface area contributed by atoms with Crippen LogP contribution in [-0.4, -0.2) is 31.3 Å². The topological polar surface area (TPSA) is 77.7 Å². The number of nitrogens with zero attached hydrogens (tertiary/aromatic N) is 4. The average Bonchev–Trinajstić information content (AvgIpc) is 3.24. The Bertz CT molecular complexity index is 873. The van der Waals surface area contributed by atoms with E-state index in [2.05, 4.69) is 15.1 Å². The van der Waals surface area contributed by atoms with Gasteiger partial charge in [0.15, 0.2) is 17.4 Å². The van der Waals surface area contributed by atoms with Crippen LogP contribution in [0.4, 0.5) is 0 Å². The number of aromatic nitrogens is 4. The Labute approximate surface area is 143 Å². The summed E-state index contributed by atoms with van der Waals surface area (Å²) in [6.45, 7) is 1.74. The van der Waals surface area contributed by atoms with Gasteiger partial charge >= 0.3 is 0 Å². The molecule has 1 fully saturated rings. The first-order valence-corrected chi connectivity index (χ1v) is 8.25. The van der Waals surface area contributed by atoms with Crippen LogP contribution in [0.5, 0.6) is 0 Å². The highest BCUT2D eigenvalue weighted by atomic mass is 35.5. The van der Waals surface area contributed by atoms with Crippen molar-refractivity contribution in [1.29, 1.82) is 0 Å². The SMILES string of the molecule is Cc1nc(-n2cncn2)ccc1C(=O)C1=C(Cl)C2CCC(C2)C1=O. The van der Waals surface area contributed by atoms with Gasteiger partial charge in [-0.1, -0.05) is 11.6 Å². The monoisotopic (exact) mass is 342 g/mol. The molecular weight excluding hydrogens is 328 g/mol. The summed E-state index contributed by atoms with van der Waals surface area (Å²) in [5.74, 6) is 0.224. The van der Waals surface area contributed by atoms with Gasteiger partial charge in [-0.15, -0.1) is 0 Å². The molecule has 0 aromatic carbocycles. The Morgan fingerprint density at radius 2 is 2.08 bits per heavy atom. The van der Waals surface area contributed by atoms with Crippen molar-refractivity contribution in [2.45, 2.75) is 26.2 Å². The summed E-state index contributed by atoms with van der Waals surface area (Å²) in [6, 6.07) is 3.36. The summed E-state index contributed by atoms with van der Waals surface area (Å²) in [5.41, 5.74) is 1.10. The number of rotatable bonds is 3. The molecule has 0 saturated heterocycles. The number of hydrogen-bond acceptors (Lipinski definition) is 5. The van der Waals surface area contributed by atoms with Gasteiger partial charge in [0.25, 0.3) is 0 Å². The molecule has 2 heterocycles. The molecule has 0 amide bonds. The van der Waals surface area contributed by atoms with E-state index >= 15 is 0 Å². The summed E-state index contributed by atoms with van der Waals surface area (Å²) in [7, 11) is 0. The van der Waals surface area contributed by atoms with Gasteiger partial charge < -0.3 is 0 Å². The normalized spacial score (nSPS) is 23.0. The summed E-state index contributed by atoms with van der Waals surface area (Å²) in [5, 5.41) is 4.45. The first-order valence-electron chi connectivity index (χ1n) is 7.87. The molecule has 0 radical (unpaired) electrons. The Morgan fingerprint density at radius 1 is 1.29 bits per heavy atom. The van der Waals surface area contributed by atoms with Crippen molar-refractivity contribution in [1.82, 2.24) is 19.7 Å². The van der Waals surface area contributed by atoms with E-state index in [1.54, 1.807) is 19.1 Å². The molecule has 0 N–H and O–H groups in total. The predicted octanol–water partition coefficient (Wildman–Crippen LogP) is 2.65. The van der Waals surface area contributed by atoms with Crippen LogP contribution in [0, 0.1) is 18.8 Å². The van der Waals surface area contributed by atoms with Crippen LogP contribution >= 0.6 is 11.6 Å². The fourth-order valence-corrected chi connectivity index (χ4v) is 3.95. The molecule has 4 rings (SSSR count). The minimum atomic E-state index is -0.322. The van der Waals surface area contributed by atoms with Gasteiger partial charge in [-0.25, -0.2) is 14.6 Å². The van der Waals surface area contributed by atoms with Crippen molar-refractivity contribution in [3.8, 4) is 5.82 Å². The maximum atomic E-state index is 12.9. The minimum absolute atomic E-state index is 0.0564. The minimum Gasteiger partial charge on any atom is -0.294 e. The molecule has 6 nitrogen and oxygen atoms in total. The van der Waals surface area contributed by atoms with Crippen molar-refractivity contribution >= 4 is 23.2 Å². The van der Waals surface area contributed by atoms with Crippen molar-refractivity contribution in [2.24, 2.45) is 11.8 Å². The molecule has 7 heteroatoms. The molecule has 0 spiro atoms. The second kappa shape index (κ2) is 5.63. The van der Waals surface area contributed by atoms with E-state index in [0.717, 1.165) is 19.3 Å². The lowest BCUT2D eigenvalue weighted by molar-refractivity contribution is -0.119. The number of carbonyl (C=O) groups is 2. The highest BCUT2D eigenvalue weighted by Crippen LogP contribution is 2.45. The number of halogens is 1. The lowest BCUT2D eigenvalue weighted by Crippen LogP contribution is -2.26. The van der Waals surface area contributed by atoms with Crippen molar-refractivity contribution in [3.05, 3.63) is 46.7 Å². The fraction of sp³-hybridized carbons (Fsp3) is 0.353. The first-order chi connectivity index (χ1) is 11.6. The maximum Gasteiger partial charge on any atom is 0.199 e. The van der Waals surface area contributed by atoms with Gasteiger partial charge in [0.05, 0.1) is 11.3 Å². The molecule has 24 heavy (non-hydrogen) atoms. The standard InChI is InChI=1S/C17H15ClN4O2/c1-9-12(4-5-13(21-9)22-8-19-7-20-22)17(24)14-15(18)10-2-3-11(6-10)16(14)23/h4-5,7-8,10-11H,2-3,6H2,1H3. The number of hydrogen-bond donors (Lipinski definition) is 0. The van der Waals surface area contributed by atoms with E-state index in [9.17, 15) is 9.59 Å². The number of pyridine rings is 1.